The van der Waals surface area contributed by atoms with E-state index in [1.165, 1.54) is 4.57 Å². The summed E-state index contributed by atoms with van der Waals surface area (Å²) < 4.78 is 1.39. The third-order valence-electron chi connectivity index (χ3n) is 5.65. The molecule has 11 nitrogen and oxygen atoms in total. The fourth-order valence-corrected chi connectivity index (χ4v) is 3.79. The molecule has 2 saturated heterocycles. The maximum Gasteiger partial charge on any atom is 0.354 e. The van der Waals surface area contributed by atoms with Gasteiger partial charge in [0.15, 0.2) is 0 Å². The molecule has 0 saturated carbocycles. The molecule has 32 heavy (non-hydrogen) atoms. The molecule has 11 heteroatoms. The summed E-state index contributed by atoms with van der Waals surface area (Å²) in [7, 11) is 0. The molecule has 170 valence electrons. The summed E-state index contributed by atoms with van der Waals surface area (Å²) in [5, 5.41) is 5.85. The van der Waals surface area contributed by atoms with Gasteiger partial charge in [-0.25, -0.2) is 9.59 Å². The number of carbonyl (C=O) groups is 2. The lowest BCUT2D eigenvalue weighted by Crippen LogP contribution is -2.61. The normalized spacial score (nSPS) is 17.6. The van der Waals surface area contributed by atoms with E-state index in [1.807, 2.05) is 12.1 Å². The van der Waals surface area contributed by atoms with Crippen molar-refractivity contribution in [2.24, 2.45) is 11.5 Å². The molecule has 2 fully saturated rings. The minimum atomic E-state index is -0.628. The average Bonchev–Trinajstić information content (AvgIpc) is 2.78. The number of anilines is 1. The molecule has 1 aromatic heterocycles. The predicted molar refractivity (Wildman–Crippen MR) is 120 cm³/mol. The van der Waals surface area contributed by atoms with Crippen LogP contribution in [0, 0.1) is 0 Å². The van der Waals surface area contributed by atoms with Gasteiger partial charge in [-0.05, 0) is 30.2 Å². The van der Waals surface area contributed by atoms with Crippen LogP contribution in [0.15, 0.2) is 41.3 Å². The van der Waals surface area contributed by atoms with Gasteiger partial charge in [0.25, 0.3) is 0 Å². The second kappa shape index (κ2) is 9.47. The number of hydrogen-bond donors (Lipinski definition) is 4. The van der Waals surface area contributed by atoms with Crippen molar-refractivity contribution in [3.63, 3.8) is 0 Å². The van der Waals surface area contributed by atoms with Crippen LogP contribution < -0.4 is 27.8 Å². The van der Waals surface area contributed by atoms with Crippen molar-refractivity contribution >= 4 is 17.8 Å². The lowest BCUT2D eigenvalue weighted by Gasteiger charge is -2.38. The number of nitrogens with one attached hydrogen (secondary N) is 2. The lowest BCUT2D eigenvalue weighted by atomic mass is 10.0. The van der Waals surface area contributed by atoms with Crippen molar-refractivity contribution in [1.82, 2.24) is 24.7 Å². The summed E-state index contributed by atoms with van der Waals surface area (Å²) in [5.41, 5.74) is 12.8. The second-order valence-electron chi connectivity index (χ2n) is 8.11. The Balaban J connectivity index is 1.37. The number of piperazine rings is 1. The van der Waals surface area contributed by atoms with Gasteiger partial charge in [0.05, 0.1) is 11.7 Å². The van der Waals surface area contributed by atoms with Crippen LogP contribution in [0.25, 0.3) is 5.69 Å². The fraction of sp³-hybridized carbons (Fsp3) is 0.429. The molecule has 2 aliphatic heterocycles. The number of nitrogens with zero attached hydrogens (tertiary/aromatic N) is 4. The van der Waals surface area contributed by atoms with Gasteiger partial charge in [-0.15, -0.1) is 0 Å². The number of benzene rings is 1. The molecule has 3 heterocycles. The van der Waals surface area contributed by atoms with Gasteiger partial charge >= 0.3 is 11.7 Å². The number of likely N-dealkylation sites (tertiary alicyclic amines) is 1. The Morgan fingerprint density at radius 3 is 2.44 bits per heavy atom. The van der Waals surface area contributed by atoms with Crippen molar-refractivity contribution in [3.8, 4) is 5.69 Å². The predicted octanol–water partition coefficient (Wildman–Crippen LogP) is -1.29. The molecule has 0 spiro atoms. The first-order valence-electron chi connectivity index (χ1n) is 10.7. The molecule has 4 rings (SSSR count). The number of rotatable bonds is 5. The van der Waals surface area contributed by atoms with E-state index >= 15 is 0 Å². The lowest BCUT2D eigenvalue weighted by molar-refractivity contribution is -0.136. The molecule has 2 aliphatic rings. The van der Waals surface area contributed by atoms with Crippen molar-refractivity contribution in [3.05, 3.63) is 52.6 Å². The van der Waals surface area contributed by atoms with E-state index in [2.05, 4.69) is 15.6 Å². The maximum atomic E-state index is 12.5. The van der Waals surface area contributed by atoms with Crippen LogP contribution in [0.3, 0.4) is 0 Å². The molecule has 6 N–H and O–H groups in total. The SMILES string of the molecule is NC1CN(C(=O)[C@@H](N)Cc2ccc(-n3ccc(NC(=O)N4CCNCC4)nc3=O)cc2)C1. The minimum Gasteiger partial charge on any atom is -0.338 e. The Labute approximate surface area is 185 Å². The molecule has 0 bridgehead atoms. The Hall–Kier alpha value is -3.28. The average molecular weight is 441 g/mol. The number of urea groups is 1. The number of carbonyl (C=O) groups excluding carboxylic acids is 2. The standard InChI is InChI=1S/C21H28N8O3/c22-15-12-28(13-15)19(30)17(23)11-14-1-3-16(4-2-14)29-8-5-18(26-21(29)32)25-20(31)27-9-6-24-7-10-27/h1-5,8,15,17,24H,6-7,9-13,22-23H2,(H,25,26,31,32)/t17-/m0/s1. The van der Waals surface area contributed by atoms with Gasteiger partial charge in [0, 0.05) is 51.5 Å². The molecule has 3 amide bonds. The van der Waals surface area contributed by atoms with Crippen molar-refractivity contribution in [2.75, 3.05) is 44.6 Å². The molecule has 0 unspecified atom stereocenters. The maximum absolute atomic E-state index is 12.5. The van der Waals surface area contributed by atoms with Crippen molar-refractivity contribution < 1.29 is 9.59 Å². The van der Waals surface area contributed by atoms with Gasteiger partial charge in [-0.3, -0.25) is 14.7 Å². The highest BCUT2D eigenvalue weighted by Gasteiger charge is 2.30. The molecule has 0 aliphatic carbocycles. The zero-order valence-corrected chi connectivity index (χ0v) is 17.7. The summed E-state index contributed by atoms with van der Waals surface area (Å²) in [6.45, 7) is 3.79. The number of hydrogen-bond acceptors (Lipinski definition) is 7. The first-order valence-corrected chi connectivity index (χ1v) is 10.7. The first-order chi connectivity index (χ1) is 15.4. The highest BCUT2D eigenvalue weighted by molar-refractivity contribution is 5.88. The van der Waals surface area contributed by atoms with E-state index in [0.717, 1.165) is 18.7 Å². The molecular weight excluding hydrogens is 412 g/mol. The monoisotopic (exact) mass is 440 g/mol. The highest BCUT2D eigenvalue weighted by atomic mass is 16.2. The van der Waals surface area contributed by atoms with Crippen LogP contribution in [0.5, 0.6) is 0 Å². The van der Waals surface area contributed by atoms with Gasteiger partial charge in [-0.2, -0.15) is 4.98 Å². The Morgan fingerprint density at radius 1 is 1.12 bits per heavy atom. The van der Waals surface area contributed by atoms with Gasteiger partial charge in [0.2, 0.25) is 5.91 Å². The van der Waals surface area contributed by atoms with Crippen LogP contribution in [0.1, 0.15) is 5.56 Å². The summed E-state index contributed by atoms with van der Waals surface area (Å²) >= 11 is 0. The molecule has 1 atom stereocenters. The third kappa shape index (κ3) is 4.96. The smallest absolute Gasteiger partial charge is 0.338 e. The van der Waals surface area contributed by atoms with E-state index in [4.69, 9.17) is 11.5 Å². The van der Waals surface area contributed by atoms with Crippen molar-refractivity contribution in [2.45, 2.75) is 18.5 Å². The second-order valence-corrected chi connectivity index (χ2v) is 8.11. The first kappa shape index (κ1) is 21.9. The van der Waals surface area contributed by atoms with Crippen LogP contribution >= 0.6 is 0 Å². The third-order valence-corrected chi connectivity index (χ3v) is 5.65. The Kier molecular flexibility index (Phi) is 6.49. The Bertz CT molecular complexity index is 1030. The van der Waals surface area contributed by atoms with Crippen LogP contribution in [0.2, 0.25) is 0 Å². The largest absolute Gasteiger partial charge is 0.354 e. The van der Waals surface area contributed by atoms with Crippen LogP contribution in [-0.4, -0.2) is 82.6 Å². The van der Waals surface area contributed by atoms with E-state index in [0.29, 0.717) is 38.3 Å². The van der Waals surface area contributed by atoms with Gasteiger partial charge < -0.3 is 26.6 Å². The fourth-order valence-electron chi connectivity index (χ4n) is 3.79. The number of amides is 3. The quantitative estimate of drug-likeness (QED) is 0.451. The highest BCUT2D eigenvalue weighted by Crippen LogP contribution is 2.13. The topological polar surface area (TPSA) is 152 Å². The molecule has 0 radical (unpaired) electrons. The van der Waals surface area contributed by atoms with E-state index < -0.39 is 11.7 Å². The summed E-state index contributed by atoms with van der Waals surface area (Å²) in [4.78, 5) is 44.4. The summed E-state index contributed by atoms with van der Waals surface area (Å²) in [6.07, 6.45) is 1.97. The van der Waals surface area contributed by atoms with E-state index in [1.54, 1.807) is 34.2 Å². The molecular formula is C21H28N8O3. The summed E-state index contributed by atoms with van der Waals surface area (Å²) in [5.74, 6) is 0.108. The summed E-state index contributed by atoms with van der Waals surface area (Å²) in [6, 6.07) is 7.93. The van der Waals surface area contributed by atoms with Crippen molar-refractivity contribution in [1.29, 1.82) is 0 Å². The van der Waals surface area contributed by atoms with Crippen LogP contribution in [0.4, 0.5) is 10.6 Å². The van der Waals surface area contributed by atoms with E-state index in [9.17, 15) is 14.4 Å². The Morgan fingerprint density at radius 2 is 1.81 bits per heavy atom. The number of nitrogens with two attached hydrogens (primary N) is 2. The van der Waals surface area contributed by atoms with Gasteiger partial charge in [-0.1, -0.05) is 12.1 Å². The van der Waals surface area contributed by atoms with Gasteiger partial charge in [0.1, 0.15) is 5.82 Å². The molecule has 1 aromatic carbocycles. The molecule has 2 aromatic rings. The minimum absolute atomic E-state index is 0.0409. The zero-order valence-electron chi connectivity index (χ0n) is 17.7. The van der Waals surface area contributed by atoms with E-state index in [-0.39, 0.29) is 23.8 Å². The zero-order chi connectivity index (χ0) is 22.7. The van der Waals surface area contributed by atoms with Crippen LogP contribution in [-0.2, 0) is 11.2 Å². The number of aromatic nitrogens is 2.